The molecule has 2 heterocycles. The Morgan fingerprint density at radius 1 is 0.760 bits per heavy atom. The summed E-state index contributed by atoms with van der Waals surface area (Å²) in [4.78, 5) is 21.1. The first-order valence-corrected chi connectivity index (χ1v) is 6.39. The van der Waals surface area contributed by atoms with Crippen molar-refractivity contribution in [2.24, 2.45) is 0 Å². The molecular formula is C12H16CaO12. The van der Waals surface area contributed by atoms with Crippen LogP contribution in [0.2, 0.25) is 0 Å². The minimum absolute atomic E-state index is 0. The van der Waals surface area contributed by atoms with Crippen LogP contribution < -0.4 is 0 Å². The quantitative estimate of drug-likeness (QED) is 0.175. The molecule has 13 heteroatoms. The van der Waals surface area contributed by atoms with E-state index >= 15 is 0 Å². The van der Waals surface area contributed by atoms with E-state index in [1.807, 2.05) is 0 Å². The van der Waals surface area contributed by atoms with Crippen LogP contribution in [0.4, 0.5) is 0 Å². The number of cyclic esters (lactones) is 2. The van der Waals surface area contributed by atoms with Gasteiger partial charge in [0.1, 0.15) is 12.2 Å². The van der Waals surface area contributed by atoms with Crippen LogP contribution in [0.1, 0.15) is 0 Å². The molecule has 0 saturated heterocycles. The first kappa shape index (κ1) is 23.7. The number of aliphatic hydroxyl groups excluding tert-OH is 8. The third-order valence-electron chi connectivity index (χ3n) is 2.95. The van der Waals surface area contributed by atoms with Crippen LogP contribution in [0.15, 0.2) is 23.0 Å². The molecule has 0 fully saturated rings. The van der Waals surface area contributed by atoms with E-state index in [0.29, 0.717) is 0 Å². The molecule has 0 amide bonds. The van der Waals surface area contributed by atoms with Gasteiger partial charge in [0, 0.05) is 37.7 Å². The molecule has 0 aromatic carbocycles. The molecule has 0 aromatic heterocycles. The summed E-state index contributed by atoms with van der Waals surface area (Å²) >= 11 is 0. The Morgan fingerprint density at radius 3 is 1.20 bits per heavy atom. The minimum atomic E-state index is -1.42. The van der Waals surface area contributed by atoms with Gasteiger partial charge < -0.3 is 50.3 Å². The van der Waals surface area contributed by atoms with Crippen molar-refractivity contribution in [3.8, 4) is 0 Å². The number of carbonyl (C=O) groups is 2. The maximum atomic E-state index is 10.5. The van der Waals surface area contributed by atoms with Gasteiger partial charge in [0.05, 0.1) is 13.2 Å². The second kappa shape index (κ2) is 10.0. The Kier molecular flexibility index (Phi) is 9.50. The zero-order valence-corrected chi connectivity index (χ0v) is 14.8. The molecule has 2 aliphatic heterocycles. The second-order valence-electron chi connectivity index (χ2n) is 4.62. The molecule has 138 valence electrons. The summed E-state index contributed by atoms with van der Waals surface area (Å²) in [6, 6.07) is 0. The summed E-state index contributed by atoms with van der Waals surface area (Å²) in [5, 5.41) is 70.1. The molecule has 0 saturated carbocycles. The fraction of sp³-hybridized carbons (Fsp3) is 0.500. The van der Waals surface area contributed by atoms with Crippen molar-refractivity contribution >= 4 is 49.7 Å². The first-order valence-electron chi connectivity index (χ1n) is 6.39. The van der Waals surface area contributed by atoms with Crippen molar-refractivity contribution in [1.82, 2.24) is 0 Å². The Balaban J connectivity index is 0.000000443. The third-order valence-corrected chi connectivity index (χ3v) is 2.95. The van der Waals surface area contributed by atoms with Crippen molar-refractivity contribution < 1.29 is 59.9 Å². The van der Waals surface area contributed by atoms with Gasteiger partial charge in [-0.1, -0.05) is 0 Å². The van der Waals surface area contributed by atoms with Gasteiger partial charge >= 0.3 is 11.9 Å². The van der Waals surface area contributed by atoms with E-state index in [2.05, 4.69) is 9.47 Å². The Hall–Kier alpha value is -1.28. The van der Waals surface area contributed by atoms with E-state index < -0.39 is 72.6 Å². The first-order chi connectivity index (χ1) is 11.1. The fourth-order valence-corrected chi connectivity index (χ4v) is 1.65. The SMILES string of the molecule is O=C1O[C@H]([C@@H](O)CO)C(O)=C1O.O=C1O[C@H]([C@@H](O)CO)C(O)=C1O.[Ca]. The molecule has 2 aliphatic rings. The average molecular weight is 392 g/mol. The van der Waals surface area contributed by atoms with Gasteiger partial charge in [-0.25, -0.2) is 9.59 Å². The van der Waals surface area contributed by atoms with Gasteiger partial charge in [-0.2, -0.15) is 0 Å². The molecule has 8 N–H and O–H groups in total. The smallest absolute Gasteiger partial charge is 0.377 e. The predicted molar refractivity (Wildman–Crippen MR) is 76.3 cm³/mol. The summed E-state index contributed by atoms with van der Waals surface area (Å²) in [6.45, 7) is -1.34. The molecule has 2 rings (SSSR count). The number of rotatable bonds is 4. The summed E-state index contributed by atoms with van der Waals surface area (Å²) in [6.07, 6.45) is -5.55. The van der Waals surface area contributed by atoms with Crippen molar-refractivity contribution in [3.05, 3.63) is 23.0 Å². The number of aliphatic hydroxyl groups is 8. The van der Waals surface area contributed by atoms with Gasteiger partial charge in [-0.05, 0) is 0 Å². The third kappa shape index (κ3) is 5.34. The summed E-state index contributed by atoms with van der Waals surface area (Å²) < 4.78 is 8.63. The monoisotopic (exact) mass is 392 g/mol. The number of ether oxygens (including phenoxy) is 2. The van der Waals surface area contributed by atoms with Crippen LogP contribution in [-0.4, -0.2) is 128 Å². The zero-order valence-electron chi connectivity index (χ0n) is 12.6. The number of esters is 2. The molecule has 0 bridgehead atoms. The van der Waals surface area contributed by atoms with Gasteiger partial charge in [-0.15, -0.1) is 0 Å². The van der Waals surface area contributed by atoms with Crippen molar-refractivity contribution in [2.45, 2.75) is 24.4 Å². The van der Waals surface area contributed by atoms with Crippen molar-refractivity contribution in [2.75, 3.05) is 13.2 Å². The van der Waals surface area contributed by atoms with Crippen LogP contribution in [0, 0.1) is 0 Å². The maximum absolute atomic E-state index is 10.5. The Bertz CT molecular complexity index is 520. The normalized spacial score (nSPS) is 24.8. The van der Waals surface area contributed by atoms with Gasteiger partial charge in [0.15, 0.2) is 23.7 Å². The molecule has 0 spiro atoms. The molecule has 2 radical (unpaired) electrons. The van der Waals surface area contributed by atoms with Crippen molar-refractivity contribution in [3.63, 3.8) is 0 Å². The second-order valence-corrected chi connectivity index (χ2v) is 4.62. The largest absolute Gasteiger partial charge is 0.505 e. The van der Waals surface area contributed by atoms with E-state index in [0.717, 1.165) is 0 Å². The van der Waals surface area contributed by atoms with Gasteiger partial charge in [-0.3, -0.25) is 0 Å². The number of carbonyl (C=O) groups excluding carboxylic acids is 2. The number of hydrogen-bond donors (Lipinski definition) is 8. The molecule has 0 unspecified atom stereocenters. The molecule has 25 heavy (non-hydrogen) atoms. The van der Waals surface area contributed by atoms with E-state index in [1.165, 1.54) is 0 Å². The molecule has 4 atom stereocenters. The molecule has 12 nitrogen and oxygen atoms in total. The van der Waals surface area contributed by atoms with Gasteiger partial charge in [0.2, 0.25) is 11.5 Å². The minimum Gasteiger partial charge on any atom is -0.505 e. The van der Waals surface area contributed by atoms with Crippen LogP contribution in [0.5, 0.6) is 0 Å². The van der Waals surface area contributed by atoms with Crippen LogP contribution in [-0.2, 0) is 19.1 Å². The summed E-state index contributed by atoms with van der Waals surface area (Å²) in [5.74, 6) is -5.56. The zero-order chi connectivity index (χ0) is 18.6. The molecule has 0 aromatic rings. The fourth-order valence-electron chi connectivity index (χ4n) is 1.65. The van der Waals surface area contributed by atoms with Crippen LogP contribution in [0.3, 0.4) is 0 Å². The number of hydrogen-bond acceptors (Lipinski definition) is 12. The van der Waals surface area contributed by atoms with E-state index in [1.54, 1.807) is 0 Å². The Morgan fingerprint density at radius 2 is 1.04 bits per heavy atom. The standard InChI is InChI=1S/2C6H8O6.Ca/c2*7-1-2(8)5-3(9)4(10)6(11)12-5;/h2*2,5,7-10H,1H2;/t2*2-,5+;/m00./s1. The van der Waals surface area contributed by atoms with Crippen LogP contribution in [0.25, 0.3) is 0 Å². The van der Waals surface area contributed by atoms with E-state index in [9.17, 15) is 9.59 Å². The summed E-state index contributed by atoms with van der Waals surface area (Å²) in [5.41, 5.74) is 0. The Labute approximate surface area is 169 Å². The topological polar surface area (TPSA) is 214 Å². The maximum Gasteiger partial charge on any atom is 0.377 e. The van der Waals surface area contributed by atoms with Crippen molar-refractivity contribution in [1.29, 1.82) is 0 Å². The van der Waals surface area contributed by atoms with E-state index in [-0.39, 0.29) is 37.7 Å². The van der Waals surface area contributed by atoms with Crippen LogP contribution >= 0.6 is 0 Å². The predicted octanol–water partition coefficient (Wildman–Crippen LogP) is -3.20. The van der Waals surface area contributed by atoms with Gasteiger partial charge in [0.25, 0.3) is 0 Å². The summed E-state index contributed by atoms with van der Waals surface area (Å²) in [7, 11) is 0. The molecule has 0 aliphatic carbocycles. The average Bonchev–Trinajstić information content (AvgIpc) is 2.98. The van der Waals surface area contributed by atoms with E-state index in [4.69, 9.17) is 40.9 Å². The molecular weight excluding hydrogens is 376 g/mol.